The van der Waals surface area contributed by atoms with Crippen LogP contribution in [0.4, 0.5) is 0 Å². The van der Waals surface area contributed by atoms with Crippen LogP contribution in [-0.4, -0.2) is 34.4 Å². The topological polar surface area (TPSA) is 54.0 Å². The summed E-state index contributed by atoms with van der Waals surface area (Å²) in [6.07, 6.45) is 0. The van der Waals surface area contributed by atoms with Crippen molar-refractivity contribution in [1.82, 2.24) is 0 Å². The molecule has 0 fully saturated rings. The Balaban J connectivity index is 3.53. The Bertz CT molecular complexity index is 439. The molecule has 0 aromatic heterocycles. The third-order valence-electron chi connectivity index (χ3n) is 2.60. The Labute approximate surface area is 107 Å². The first kappa shape index (κ1) is 14.3. The average Bonchev–Trinajstić information content (AvgIpc) is 2.37. The van der Waals surface area contributed by atoms with Crippen LogP contribution in [0.25, 0.3) is 0 Å². The van der Waals surface area contributed by atoms with Crippen LogP contribution in [0.15, 0.2) is 6.07 Å². The number of ether oxygens (including phenoxy) is 4. The highest BCUT2D eigenvalue weighted by Gasteiger charge is 2.23. The largest absolute Gasteiger partial charge is 0.493 e. The molecule has 0 bridgehead atoms. The molecule has 0 radical (unpaired) electrons. The normalized spacial score (nSPS) is 10.1. The standard InChI is InChI=1S/C13H18O5/c1-8-6-9(7-15-2)10(13(14)18-5)12(17-4)11(8)16-3/h6H,7H2,1-5H3. The quantitative estimate of drug-likeness (QED) is 0.752. The number of hydrogen-bond acceptors (Lipinski definition) is 5. The molecule has 18 heavy (non-hydrogen) atoms. The molecule has 1 aromatic carbocycles. The molecule has 0 spiro atoms. The molecule has 1 aromatic rings. The second kappa shape index (κ2) is 6.26. The van der Waals surface area contributed by atoms with Gasteiger partial charge in [0.05, 0.1) is 27.9 Å². The summed E-state index contributed by atoms with van der Waals surface area (Å²) in [6.45, 7) is 2.17. The van der Waals surface area contributed by atoms with Gasteiger partial charge in [0.1, 0.15) is 5.56 Å². The highest BCUT2D eigenvalue weighted by molar-refractivity contribution is 5.95. The average molecular weight is 254 g/mol. The Morgan fingerprint density at radius 2 is 1.72 bits per heavy atom. The number of carbonyl (C=O) groups excluding carboxylic acids is 1. The van der Waals surface area contributed by atoms with Gasteiger partial charge in [-0.15, -0.1) is 0 Å². The predicted octanol–water partition coefficient (Wildman–Crippen LogP) is 1.95. The Morgan fingerprint density at radius 3 is 2.17 bits per heavy atom. The molecule has 0 aliphatic rings. The summed E-state index contributed by atoms with van der Waals surface area (Å²) in [6, 6.07) is 1.83. The number of rotatable bonds is 5. The van der Waals surface area contributed by atoms with E-state index in [1.54, 1.807) is 7.11 Å². The highest BCUT2D eigenvalue weighted by atomic mass is 16.5. The maximum absolute atomic E-state index is 11.9. The van der Waals surface area contributed by atoms with Gasteiger partial charge in [-0.25, -0.2) is 4.79 Å². The molecule has 100 valence electrons. The second-order valence-electron chi connectivity index (χ2n) is 3.72. The zero-order valence-corrected chi connectivity index (χ0v) is 11.3. The van der Waals surface area contributed by atoms with Gasteiger partial charge in [0.2, 0.25) is 0 Å². The minimum absolute atomic E-state index is 0.297. The van der Waals surface area contributed by atoms with Gasteiger partial charge in [-0.1, -0.05) is 0 Å². The summed E-state index contributed by atoms with van der Waals surface area (Å²) >= 11 is 0. The summed E-state index contributed by atoms with van der Waals surface area (Å²) in [5.41, 5.74) is 1.91. The third-order valence-corrected chi connectivity index (χ3v) is 2.60. The van der Waals surface area contributed by atoms with Gasteiger partial charge in [-0.05, 0) is 24.1 Å². The number of carbonyl (C=O) groups is 1. The molecule has 5 nitrogen and oxygen atoms in total. The van der Waals surface area contributed by atoms with E-state index >= 15 is 0 Å². The summed E-state index contributed by atoms with van der Waals surface area (Å²) in [4.78, 5) is 11.9. The van der Waals surface area contributed by atoms with Gasteiger partial charge in [0.25, 0.3) is 0 Å². The van der Waals surface area contributed by atoms with Crippen molar-refractivity contribution in [1.29, 1.82) is 0 Å². The molecule has 0 saturated carbocycles. The van der Waals surface area contributed by atoms with Crippen LogP contribution in [0.2, 0.25) is 0 Å². The van der Waals surface area contributed by atoms with Crippen molar-refractivity contribution in [3.05, 3.63) is 22.8 Å². The fourth-order valence-corrected chi connectivity index (χ4v) is 1.88. The van der Waals surface area contributed by atoms with Crippen molar-refractivity contribution < 1.29 is 23.7 Å². The minimum atomic E-state index is -0.475. The predicted molar refractivity (Wildman–Crippen MR) is 66.3 cm³/mol. The van der Waals surface area contributed by atoms with E-state index < -0.39 is 5.97 Å². The van der Waals surface area contributed by atoms with Crippen molar-refractivity contribution in [2.24, 2.45) is 0 Å². The lowest BCUT2D eigenvalue weighted by molar-refractivity contribution is 0.0591. The Hall–Kier alpha value is -1.75. The maximum Gasteiger partial charge on any atom is 0.342 e. The van der Waals surface area contributed by atoms with Crippen LogP contribution >= 0.6 is 0 Å². The van der Waals surface area contributed by atoms with E-state index in [9.17, 15) is 4.79 Å². The third kappa shape index (κ3) is 2.56. The maximum atomic E-state index is 11.9. The van der Waals surface area contributed by atoms with Crippen LogP contribution in [-0.2, 0) is 16.1 Å². The van der Waals surface area contributed by atoms with Crippen molar-refractivity contribution in [2.75, 3.05) is 28.4 Å². The van der Waals surface area contributed by atoms with Gasteiger partial charge in [-0.2, -0.15) is 0 Å². The van der Waals surface area contributed by atoms with E-state index in [1.165, 1.54) is 21.3 Å². The zero-order chi connectivity index (χ0) is 13.7. The number of hydrogen-bond donors (Lipinski definition) is 0. The van der Waals surface area contributed by atoms with Crippen molar-refractivity contribution in [3.8, 4) is 11.5 Å². The monoisotopic (exact) mass is 254 g/mol. The fourth-order valence-electron chi connectivity index (χ4n) is 1.88. The number of esters is 1. The number of benzene rings is 1. The SMILES string of the molecule is COCc1cc(C)c(OC)c(OC)c1C(=O)OC. The van der Waals surface area contributed by atoms with Gasteiger partial charge in [0, 0.05) is 7.11 Å². The molecule has 0 N–H and O–H groups in total. The molecule has 0 aliphatic carbocycles. The number of aryl methyl sites for hydroxylation is 1. The highest BCUT2D eigenvalue weighted by Crippen LogP contribution is 2.37. The molecule has 0 heterocycles. The van der Waals surface area contributed by atoms with Gasteiger partial charge < -0.3 is 18.9 Å². The van der Waals surface area contributed by atoms with Crippen LogP contribution < -0.4 is 9.47 Å². The minimum Gasteiger partial charge on any atom is -0.493 e. The lowest BCUT2D eigenvalue weighted by atomic mass is 10.0. The first-order valence-electron chi connectivity index (χ1n) is 5.42. The van der Waals surface area contributed by atoms with E-state index in [-0.39, 0.29) is 0 Å². The van der Waals surface area contributed by atoms with Crippen molar-refractivity contribution >= 4 is 5.97 Å². The first-order chi connectivity index (χ1) is 8.60. The van der Waals surface area contributed by atoms with Crippen LogP contribution in [0, 0.1) is 6.92 Å². The van der Waals surface area contributed by atoms with Gasteiger partial charge in [0.15, 0.2) is 11.5 Å². The van der Waals surface area contributed by atoms with E-state index in [4.69, 9.17) is 18.9 Å². The number of methoxy groups -OCH3 is 4. The smallest absolute Gasteiger partial charge is 0.342 e. The Morgan fingerprint density at radius 1 is 1.11 bits per heavy atom. The lowest BCUT2D eigenvalue weighted by Crippen LogP contribution is -2.11. The summed E-state index contributed by atoms with van der Waals surface area (Å²) in [7, 11) is 5.90. The lowest BCUT2D eigenvalue weighted by Gasteiger charge is -2.17. The molecular weight excluding hydrogens is 236 g/mol. The molecule has 0 aliphatic heterocycles. The van der Waals surface area contributed by atoms with E-state index in [0.29, 0.717) is 29.2 Å². The molecule has 0 atom stereocenters. The Kier molecular flexibility index (Phi) is 4.97. The summed E-state index contributed by atoms with van der Waals surface area (Å²) in [5, 5.41) is 0. The molecule has 5 heteroatoms. The molecule has 0 unspecified atom stereocenters. The van der Waals surface area contributed by atoms with E-state index in [0.717, 1.165) is 5.56 Å². The van der Waals surface area contributed by atoms with Crippen LogP contribution in [0.5, 0.6) is 11.5 Å². The molecule has 1 rings (SSSR count). The van der Waals surface area contributed by atoms with Crippen LogP contribution in [0.3, 0.4) is 0 Å². The summed E-state index contributed by atoms with van der Waals surface area (Å²) in [5.74, 6) is 0.423. The van der Waals surface area contributed by atoms with Crippen LogP contribution in [0.1, 0.15) is 21.5 Å². The van der Waals surface area contributed by atoms with E-state index in [2.05, 4.69) is 0 Å². The van der Waals surface area contributed by atoms with Gasteiger partial charge in [-0.3, -0.25) is 0 Å². The molecule has 0 amide bonds. The second-order valence-corrected chi connectivity index (χ2v) is 3.72. The molecular formula is C13H18O5. The fraction of sp³-hybridized carbons (Fsp3) is 0.462. The van der Waals surface area contributed by atoms with E-state index in [1.807, 2.05) is 13.0 Å². The molecule has 0 saturated heterocycles. The van der Waals surface area contributed by atoms with Crippen molar-refractivity contribution in [3.63, 3.8) is 0 Å². The summed E-state index contributed by atoms with van der Waals surface area (Å²) < 4.78 is 20.4. The van der Waals surface area contributed by atoms with Gasteiger partial charge >= 0.3 is 5.97 Å². The zero-order valence-electron chi connectivity index (χ0n) is 11.3. The first-order valence-corrected chi connectivity index (χ1v) is 5.42. The van der Waals surface area contributed by atoms with Crippen molar-refractivity contribution in [2.45, 2.75) is 13.5 Å².